The van der Waals surface area contributed by atoms with E-state index in [1.165, 1.54) is 0 Å². The quantitative estimate of drug-likeness (QED) is 0.764. The highest BCUT2D eigenvalue weighted by atomic mass is 35.5. The zero-order chi connectivity index (χ0) is 15.2. The van der Waals surface area contributed by atoms with E-state index >= 15 is 0 Å². The van der Waals surface area contributed by atoms with E-state index in [-0.39, 0.29) is 0 Å². The van der Waals surface area contributed by atoms with Crippen molar-refractivity contribution in [2.75, 3.05) is 6.54 Å². The van der Waals surface area contributed by atoms with Crippen molar-refractivity contribution in [3.05, 3.63) is 62.6 Å². The molecule has 1 N–H and O–H groups in total. The molecule has 2 rings (SSSR count). The predicted octanol–water partition coefficient (Wildman–Crippen LogP) is 5.34. The highest BCUT2D eigenvalue weighted by Crippen LogP contribution is 2.26. The molecule has 0 atom stereocenters. The largest absolute Gasteiger partial charge is 0.489 e. The Morgan fingerprint density at radius 1 is 1.00 bits per heavy atom. The van der Waals surface area contributed by atoms with Gasteiger partial charge >= 0.3 is 0 Å². The predicted molar refractivity (Wildman–Crippen MR) is 89.6 cm³/mol. The molecule has 0 amide bonds. The molecule has 0 aliphatic heterocycles. The standard InChI is InChI=1S/C16H16Cl3NO/c1-2-20-9-12-8-13(17)4-6-16(12)21-10-11-3-5-14(18)15(19)7-11/h3-8,20H,2,9-10H2,1H3. The first-order valence-electron chi connectivity index (χ1n) is 6.66. The summed E-state index contributed by atoms with van der Waals surface area (Å²) in [6.45, 7) is 4.09. The Balaban J connectivity index is 2.09. The summed E-state index contributed by atoms with van der Waals surface area (Å²) in [6.07, 6.45) is 0. The molecule has 0 unspecified atom stereocenters. The molecule has 0 saturated carbocycles. The molecule has 0 radical (unpaired) electrons. The van der Waals surface area contributed by atoms with Gasteiger partial charge in [-0.2, -0.15) is 0 Å². The minimum atomic E-state index is 0.428. The second kappa shape index (κ2) is 7.90. The minimum Gasteiger partial charge on any atom is -0.489 e. The fraction of sp³-hybridized carbons (Fsp3) is 0.250. The van der Waals surface area contributed by atoms with E-state index in [4.69, 9.17) is 39.5 Å². The summed E-state index contributed by atoms with van der Waals surface area (Å²) in [5.74, 6) is 0.812. The van der Waals surface area contributed by atoms with Crippen molar-refractivity contribution >= 4 is 34.8 Å². The van der Waals surface area contributed by atoms with Gasteiger partial charge < -0.3 is 10.1 Å². The van der Waals surface area contributed by atoms with Crippen molar-refractivity contribution in [2.45, 2.75) is 20.1 Å². The van der Waals surface area contributed by atoms with Gasteiger partial charge in [-0.05, 0) is 42.4 Å². The lowest BCUT2D eigenvalue weighted by Crippen LogP contribution is -2.13. The number of nitrogens with one attached hydrogen (secondary N) is 1. The van der Waals surface area contributed by atoms with Crippen LogP contribution in [0.3, 0.4) is 0 Å². The van der Waals surface area contributed by atoms with Crippen LogP contribution in [0.2, 0.25) is 15.1 Å². The van der Waals surface area contributed by atoms with Crippen molar-refractivity contribution in [3.63, 3.8) is 0 Å². The lowest BCUT2D eigenvalue weighted by atomic mass is 10.2. The fourth-order valence-electron chi connectivity index (χ4n) is 1.88. The van der Waals surface area contributed by atoms with Crippen LogP contribution >= 0.6 is 34.8 Å². The Bertz CT molecular complexity index is 616. The van der Waals surface area contributed by atoms with Crippen molar-refractivity contribution in [1.29, 1.82) is 0 Å². The van der Waals surface area contributed by atoms with Crippen LogP contribution in [-0.4, -0.2) is 6.54 Å². The molecule has 0 aromatic heterocycles. The number of hydrogen-bond donors (Lipinski definition) is 1. The third-order valence-corrected chi connectivity index (χ3v) is 3.94. The molecule has 2 aromatic rings. The second-order valence-corrected chi connectivity index (χ2v) is 5.82. The smallest absolute Gasteiger partial charge is 0.124 e. The van der Waals surface area contributed by atoms with Crippen LogP contribution in [0.1, 0.15) is 18.1 Å². The molecule has 0 saturated heterocycles. The zero-order valence-corrected chi connectivity index (χ0v) is 13.9. The highest BCUT2D eigenvalue weighted by molar-refractivity contribution is 6.42. The van der Waals surface area contributed by atoms with Crippen LogP contribution in [0, 0.1) is 0 Å². The minimum absolute atomic E-state index is 0.428. The van der Waals surface area contributed by atoms with Crippen LogP contribution in [0.5, 0.6) is 5.75 Å². The summed E-state index contributed by atoms with van der Waals surface area (Å²) in [7, 11) is 0. The molecule has 0 aliphatic rings. The van der Waals surface area contributed by atoms with E-state index in [2.05, 4.69) is 12.2 Å². The average Bonchev–Trinajstić information content (AvgIpc) is 2.47. The molecule has 5 heteroatoms. The Labute approximate surface area is 140 Å². The first kappa shape index (κ1) is 16.4. The fourth-order valence-corrected chi connectivity index (χ4v) is 2.39. The Morgan fingerprint density at radius 3 is 2.52 bits per heavy atom. The van der Waals surface area contributed by atoms with Gasteiger partial charge in [0.05, 0.1) is 10.0 Å². The zero-order valence-electron chi connectivity index (χ0n) is 11.6. The number of benzene rings is 2. The summed E-state index contributed by atoms with van der Waals surface area (Å²) in [4.78, 5) is 0. The Morgan fingerprint density at radius 2 is 1.81 bits per heavy atom. The molecular formula is C16H16Cl3NO. The molecule has 0 heterocycles. The molecule has 0 bridgehead atoms. The number of hydrogen-bond acceptors (Lipinski definition) is 2. The van der Waals surface area contributed by atoms with Crippen molar-refractivity contribution in [1.82, 2.24) is 5.32 Å². The summed E-state index contributed by atoms with van der Waals surface area (Å²) >= 11 is 17.9. The summed E-state index contributed by atoms with van der Waals surface area (Å²) in [5, 5.41) is 5.04. The molecule has 0 aliphatic carbocycles. The third-order valence-electron chi connectivity index (χ3n) is 2.97. The van der Waals surface area contributed by atoms with Crippen LogP contribution in [0.25, 0.3) is 0 Å². The lowest BCUT2D eigenvalue weighted by Gasteiger charge is -2.13. The van der Waals surface area contributed by atoms with Gasteiger partial charge in [-0.3, -0.25) is 0 Å². The third kappa shape index (κ3) is 4.79. The van der Waals surface area contributed by atoms with E-state index in [0.29, 0.717) is 28.2 Å². The van der Waals surface area contributed by atoms with Crippen molar-refractivity contribution in [2.24, 2.45) is 0 Å². The van der Waals surface area contributed by atoms with E-state index in [0.717, 1.165) is 23.4 Å². The first-order valence-corrected chi connectivity index (χ1v) is 7.79. The van der Waals surface area contributed by atoms with E-state index in [1.54, 1.807) is 6.07 Å². The monoisotopic (exact) mass is 343 g/mol. The molecule has 2 aromatic carbocycles. The number of rotatable bonds is 6. The maximum absolute atomic E-state index is 6.04. The number of halogens is 3. The number of ether oxygens (including phenoxy) is 1. The Kier molecular flexibility index (Phi) is 6.19. The lowest BCUT2D eigenvalue weighted by molar-refractivity contribution is 0.302. The molecule has 0 fully saturated rings. The van der Waals surface area contributed by atoms with Gasteiger partial charge in [-0.1, -0.05) is 47.8 Å². The molecular weight excluding hydrogens is 329 g/mol. The maximum atomic E-state index is 6.04. The molecule has 2 nitrogen and oxygen atoms in total. The van der Waals surface area contributed by atoms with Crippen LogP contribution in [-0.2, 0) is 13.2 Å². The van der Waals surface area contributed by atoms with Gasteiger partial charge in [0.2, 0.25) is 0 Å². The Hall–Kier alpha value is -0.930. The van der Waals surface area contributed by atoms with Crippen LogP contribution in [0.15, 0.2) is 36.4 Å². The van der Waals surface area contributed by atoms with Crippen molar-refractivity contribution < 1.29 is 4.74 Å². The van der Waals surface area contributed by atoms with Crippen LogP contribution < -0.4 is 10.1 Å². The second-order valence-electron chi connectivity index (χ2n) is 4.57. The van der Waals surface area contributed by atoms with E-state index in [9.17, 15) is 0 Å². The van der Waals surface area contributed by atoms with Gasteiger partial charge in [-0.15, -0.1) is 0 Å². The SMILES string of the molecule is CCNCc1cc(Cl)ccc1OCc1ccc(Cl)c(Cl)c1. The van der Waals surface area contributed by atoms with Gasteiger partial charge in [0, 0.05) is 17.1 Å². The van der Waals surface area contributed by atoms with Crippen molar-refractivity contribution in [3.8, 4) is 5.75 Å². The highest BCUT2D eigenvalue weighted by Gasteiger charge is 2.06. The normalized spacial score (nSPS) is 10.7. The topological polar surface area (TPSA) is 21.3 Å². The van der Waals surface area contributed by atoms with Gasteiger partial charge in [0.15, 0.2) is 0 Å². The van der Waals surface area contributed by atoms with E-state index in [1.807, 2.05) is 30.3 Å². The molecule has 21 heavy (non-hydrogen) atoms. The maximum Gasteiger partial charge on any atom is 0.124 e. The molecule has 112 valence electrons. The molecule has 0 spiro atoms. The summed E-state index contributed by atoms with van der Waals surface area (Å²) in [6, 6.07) is 11.1. The van der Waals surface area contributed by atoms with Gasteiger partial charge in [-0.25, -0.2) is 0 Å². The first-order chi connectivity index (χ1) is 10.1. The van der Waals surface area contributed by atoms with E-state index < -0.39 is 0 Å². The average molecular weight is 345 g/mol. The van der Waals surface area contributed by atoms with Gasteiger partial charge in [0.25, 0.3) is 0 Å². The summed E-state index contributed by atoms with van der Waals surface area (Å²) < 4.78 is 5.87. The van der Waals surface area contributed by atoms with Gasteiger partial charge in [0.1, 0.15) is 12.4 Å². The summed E-state index contributed by atoms with van der Waals surface area (Å²) in [5.41, 5.74) is 2.00. The van der Waals surface area contributed by atoms with Crippen LogP contribution in [0.4, 0.5) is 0 Å².